The fourth-order valence-corrected chi connectivity index (χ4v) is 1.57. The minimum Gasteiger partial charge on any atom is -0.410 e. The Morgan fingerprint density at radius 1 is 1.00 bits per heavy atom. The quantitative estimate of drug-likeness (QED) is 0.884. The van der Waals surface area contributed by atoms with Crippen LogP contribution in [0.4, 0.5) is 4.79 Å². The SMILES string of the molecule is O=C(NCc1ccc(CO)cc1)Oc1ccccc1. The summed E-state index contributed by atoms with van der Waals surface area (Å²) in [6, 6.07) is 16.2. The van der Waals surface area contributed by atoms with Crippen molar-refractivity contribution in [3.8, 4) is 5.75 Å². The zero-order valence-electron chi connectivity index (χ0n) is 10.4. The molecule has 0 unspecified atom stereocenters. The predicted molar refractivity (Wildman–Crippen MR) is 71.7 cm³/mol. The van der Waals surface area contributed by atoms with Gasteiger partial charge in [-0.2, -0.15) is 0 Å². The molecule has 0 aliphatic carbocycles. The molecule has 0 bridgehead atoms. The van der Waals surface area contributed by atoms with E-state index in [2.05, 4.69) is 5.32 Å². The van der Waals surface area contributed by atoms with Crippen molar-refractivity contribution >= 4 is 6.09 Å². The molecule has 0 aliphatic rings. The van der Waals surface area contributed by atoms with Crippen molar-refractivity contribution in [3.05, 3.63) is 65.7 Å². The molecule has 4 nitrogen and oxygen atoms in total. The molecule has 19 heavy (non-hydrogen) atoms. The van der Waals surface area contributed by atoms with E-state index in [1.54, 1.807) is 24.3 Å². The van der Waals surface area contributed by atoms with Gasteiger partial charge in [-0.25, -0.2) is 4.79 Å². The molecule has 0 atom stereocenters. The molecule has 98 valence electrons. The van der Waals surface area contributed by atoms with Gasteiger partial charge in [-0.1, -0.05) is 42.5 Å². The topological polar surface area (TPSA) is 58.6 Å². The zero-order valence-corrected chi connectivity index (χ0v) is 10.4. The third kappa shape index (κ3) is 4.12. The fourth-order valence-electron chi connectivity index (χ4n) is 1.57. The Labute approximate surface area is 111 Å². The molecule has 0 aromatic heterocycles. The van der Waals surface area contributed by atoms with E-state index in [0.29, 0.717) is 12.3 Å². The Hall–Kier alpha value is -2.33. The molecule has 1 amide bonds. The summed E-state index contributed by atoms with van der Waals surface area (Å²) in [6.07, 6.45) is -0.488. The molecule has 0 heterocycles. The summed E-state index contributed by atoms with van der Waals surface area (Å²) in [5.41, 5.74) is 1.79. The van der Waals surface area contributed by atoms with Crippen molar-refractivity contribution in [2.45, 2.75) is 13.2 Å². The molecule has 2 N–H and O–H groups in total. The van der Waals surface area contributed by atoms with Crippen molar-refractivity contribution in [2.75, 3.05) is 0 Å². The van der Waals surface area contributed by atoms with Gasteiger partial charge < -0.3 is 15.2 Å². The van der Waals surface area contributed by atoms with Gasteiger partial charge in [0, 0.05) is 6.54 Å². The third-order valence-electron chi connectivity index (χ3n) is 2.60. The molecule has 0 aliphatic heterocycles. The van der Waals surface area contributed by atoms with Gasteiger partial charge in [-0.3, -0.25) is 0 Å². The number of carbonyl (C=O) groups excluding carboxylic acids is 1. The summed E-state index contributed by atoms with van der Waals surface area (Å²) in [5, 5.41) is 11.6. The van der Waals surface area contributed by atoms with Crippen molar-refractivity contribution in [2.24, 2.45) is 0 Å². The van der Waals surface area contributed by atoms with Gasteiger partial charge in [0.25, 0.3) is 0 Å². The van der Waals surface area contributed by atoms with Crippen LogP contribution in [0, 0.1) is 0 Å². The molecular weight excluding hydrogens is 242 g/mol. The highest BCUT2D eigenvalue weighted by Gasteiger charge is 2.03. The summed E-state index contributed by atoms with van der Waals surface area (Å²) < 4.78 is 5.09. The van der Waals surface area contributed by atoms with Gasteiger partial charge in [-0.15, -0.1) is 0 Å². The Morgan fingerprint density at radius 3 is 2.26 bits per heavy atom. The van der Waals surface area contributed by atoms with Crippen molar-refractivity contribution in [3.63, 3.8) is 0 Å². The first-order valence-electron chi connectivity index (χ1n) is 5.97. The highest BCUT2D eigenvalue weighted by atomic mass is 16.5. The Balaban J connectivity index is 1.83. The first-order chi connectivity index (χ1) is 9.28. The second-order valence-corrected chi connectivity index (χ2v) is 4.03. The lowest BCUT2D eigenvalue weighted by Gasteiger charge is -2.07. The molecule has 0 spiro atoms. The molecule has 0 saturated carbocycles. The van der Waals surface area contributed by atoms with E-state index in [9.17, 15) is 4.79 Å². The monoisotopic (exact) mass is 257 g/mol. The molecule has 2 rings (SSSR count). The normalized spacial score (nSPS) is 9.95. The van der Waals surface area contributed by atoms with E-state index >= 15 is 0 Å². The average Bonchev–Trinajstić information content (AvgIpc) is 2.47. The van der Waals surface area contributed by atoms with E-state index in [0.717, 1.165) is 11.1 Å². The maximum atomic E-state index is 11.5. The molecular formula is C15H15NO3. The molecule has 2 aromatic rings. The second kappa shape index (κ2) is 6.56. The molecule has 0 radical (unpaired) electrons. The van der Waals surface area contributed by atoms with Crippen LogP contribution >= 0.6 is 0 Å². The van der Waals surface area contributed by atoms with Gasteiger partial charge in [0.15, 0.2) is 0 Å². The van der Waals surface area contributed by atoms with Crippen LogP contribution in [0.15, 0.2) is 54.6 Å². The Kier molecular flexibility index (Phi) is 4.53. The number of hydrogen-bond acceptors (Lipinski definition) is 3. The summed E-state index contributed by atoms with van der Waals surface area (Å²) >= 11 is 0. The minimum atomic E-state index is -0.488. The van der Waals surface area contributed by atoms with Crippen molar-refractivity contribution in [1.82, 2.24) is 5.32 Å². The first-order valence-corrected chi connectivity index (χ1v) is 5.97. The zero-order chi connectivity index (χ0) is 13.5. The van der Waals surface area contributed by atoms with Crippen LogP contribution < -0.4 is 10.1 Å². The summed E-state index contributed by atoms with van der Waals surface area (Å²) in [6.45, 7) is 0.404. The summed E-state index contributed by atoms with van der Waals surface area (Å²) in [5.74, 6) is 0.510. The standard InChI is InChI=1S/C15H15NO3/c17-11-13-8-6-12(7-9-13)10-16-15(18)19-14-4-2-1-3-5-14/h1-9,17H,10-11H2,(H,16,18). The number of nitrogens with one attached hydrogen (secondary N) is 1. The van der Waals surface area contributed by atoms with Crippen molar-refractivity contribution in [1.29, 1.82) is 0 Å². The molecule has 0 fully saturated rings. The fraction of sp³-hybridized carbons (Fsp3) is 0.133. The van der Waals surface area contributed by atoms with Crippen LogP contribution in [0.2, 0.25) is 0 Å². The van der Waals surface area contributed by atoms with Gasteiger partial charge in [0.05, 0.1) is 6.61 Å². The number of para-hydroxylation sites is 1. The minimum absolute atomic E-state index is 0.0176. The molecule has 0 saturated heterocycles. The van der Waals surface area contributed by atoms with Crippen LogP contribution in [0.5, 0.6) is 5.75 Å². The third-order valence-corrected chi connectivity index (χ3v) is 2.60. The largest absolute Gasteiger partial charge is 0.412 e. The van der Waals surface area contributed by atoms with Crippen LogP contribution in [0.25, 0.3) is 0 Å². The summed E-state index contributed by atoms with van der Waals surface area (Å²) in [7, 11) is 0. The highest BCUT2D eigenvalue weighted by molar-refractivity contribution is 5.70. The maximum absolute atomic E-state index is 11.5. The second-order valence-electron chi connectivity index (χ2n) is 4.03. The smallest absolute Gasteiger partial charge is 0.410 e. The van der Waals surface area contributed by atoms with Gasteiger partial charge >= 0.3 is 6.09 Å². The van der Waals surface area contributed by atoms with Crippen LogP contribution in [0.3, 0.4) is 0 Å². The number of ether oxygens (including phenoxy) is 1. The number of aliphatic hydroxyl groups is 1. The predicted octanol–water partition coefficient (Wildman–Crippen LogP) is 2.47. The van der Waals surface area contributed by atoms with Crippen molar-refractivity contribution < 1.29 is 14.6 Å². The summed E-state index contributed by atoms with van der Waals surface area (Å²) in [4.78, 5) is 11.5. The van der Waals surface area contributed by atoms with Gasteiger partial charge in [0.2, 0.25) is 0 Å². The lowest BCUT2D eigenvalue weighted by Crippen LogP contribution is -2.26. The number of amides is 1. The highest BCUT2D eigenvalue weighted by Crippen LogP contribution is 2.08. The van der Waals surface area contributed by atoms with E-state index in [-0.39, 0.29) is 6.61 Å². The number of rotatable bonds is 4. The Bertz CT molecular complexity index is 523. The van der Waals surface area contributed by atoms with E-state index in [4.69, 9.17) is 9.84 Å². The lowest BCUT2D eigenvalue weighted by molar-refractivity contribution is 0.200. The average molecular weight is 257 g/mol. The first kappa shape index (κ1) is 13.1. The van der Waals surface area contributed by atoms with Gasteiger partial charge in [-0.05, 0) is 23.3 Å². The van der Waals surface area contributed by atoms with E-state index < -0.39 is 6.09 Å². The number of benzene rings is 2. The number of carbonyl (C=O) groups is 1. The lowest BCUT2D eigenvalue weighted by atomic mass is 10.1. The maximum Gasteiger partial charge on any atom is 0.412 e. The number of hydrogen-bond donors (Lipinski definition) is 2. The van der Waals surface area contributed by atoms with E-state index in [1.807, 2.05) is 30.3 Å². The Morgan fingerprint density at radius 2 is 1.63 bits per heavy atom. The van der Waals surface area contributed by atoms with Crippen LogP contribution in [-0.4, -0.2) is 11.2 Å². The molecule has 4 heteroatoms. The van der Waals surface area contributed by atoms with E-state index in [1.165, 1.54) is 0 Å². The van der Waals surface area contributed by atoms with Crippen LogP contribution in [0.1, 0.15) is 11.1 Å². The van der Waals surface area contributed by atoms with Crippen LogP contribution in [-0.2, 0) is 13.2 Å². The van der Waals surface area contributed by atoms with Gasteiger partial charge in [0.1, 0.15) is 5.75 Å². The number of aliphatic hydroxyl groups excluding tert-OH is 1. The molecule has 2 aromatic carbocycles.